The van der Waals surface area contributed by atoms with E-state index in [2.05, 4.69) is 10.6 Å². The number of hydrogen-bond donors (Lipinski definition) is 2. The first kappa shape index (κ1) is 31.3. The van der Waals surface area contributed by atoms with E-state index in [0.717, 1.165) is 5.56 Å². The number of ether oxygens (including phenoxy) is 2. The molecule has 0 aliphatic rings. The Morgan fingerprint density at radius 2 is 1.69 bits per heavy atom. The van der Waals surface area contributed by atoms with Gasteiger partial charge in [-0.2, -0.15) is 0 Å². The Kier molecular flexibility index (Phi) is 12.3. The minimum Gasteiger partial charge on any atom is -0.463 e. The fourth-order valence-corrected chi connectivity index (χ4v) is 4.29. The zero-order valence-corrected chi connectivity index (χ0v) is 23.5. The van der Waals surface area contributed by atoms with Crippen molar-refractivity contribution in [3.63, 3.8) is 0 Å². The molecule has 0 saturated heterocycles. The topological polar surface area (TPSA) is 97.0 Å². The Morgan fingerprint density at radius 1 is 1.11 bits per heavy atom. The minimum atomic E-state index is -0.924. The maximum absolute atomic E-state index is 13.7. The molecule has 0 spiro atoms. The molecule has 0 fully saturated rings. The van der Waals surface area contributed by atoms with Crippen LogP contribution >= 0.6 is 0 Å². The van der Waals surface area contributed by atoms with Gasteiger partial charge in [0.15, 0.2) is 0 Å². The van der Waals surface area contributed by atoms with E-state index in [1.807, 2.05) is 58.0 Å². The number of methoxy groups -OCH3 is 1. The summed E-state index contributed by atoms with van der Waals surface area (Å²) >= 11 is 0. The molecule has 1 unspecified atom stereocenters. The van der Waals surface area contributed by atoms with Gasteiger partial charge in [0.2, 0.25) is 11.8 Å². The number of nitrogens with zero attached hydrogens (tertiary/aromatic N) is 1. The van der Waals surface area contributed by atoms with Crippen LogP contribution in [0, 0.1) is 5.92 Å². The predicted octanol–water partition coefficient (Wildman–Crippen LogP) is 3.06. The third kappa shape index (κ3) is 7.90. The van der Waals surface area contributed by atoms with Gasteiger partial charge in [-0.15, -0.1) is 0 Å². The monoisotopic (exact) mass is 503 g/mol. The van der Waals surface area contributed by atoms with E-state index in [0.29, 0.717) is 5.57 Å². The van der Waals surface area contributed by atoms with Crippen molar-refractivity contribution < 1.29 is 23.9 Å². The quantitative estimate of drug-likeness (QED) is 0.317. The third-order valence-corrected chi connectivity index (χ3v) is 6.69. The van der Waals surface area contributed by atoms with E-state index in [1.54, 1.807) is 45.8 Å². The lowest BCUT2D eigenvalue weighted by molar-refractivity contribution is -0.141. The first-order valence-electron chi connectivity index (χ1n) is 12.5. The Balaban J connectivity index is 3.25. The van der Waals surface area contributed by atoms with Gasteiger partial charge in [0.25, 0.3) is 0 Å². The standard InChI is InChI=1S/C28H45N3O5/c1-11-36-27(34)19(4)17-22(18(2)3)31(9)26(33)23(20(5)35-10)30-25(32)24(29-8)28(6,7)21-15-13-12-14-16-21/h12-18,20,22-24,29H,11H2,1-10H3,(H,30,32)/b19-17+/t20?,22-,23+,24-/m1/s1. The molecule has 0 aliphatic heterocycles. The number of esters is 1. The molecular formula is C28H45N3O5. The lowest BCUT2D eigenvalue weighted by Crippen LogP contribution is -2.61. The van der Waals surface area contributed by atoms with Crippen molar-refractivity contribution in [1.82, 2.24) is 15.5 Å². The van der Waals surface area contributed by atoms with Gasteiger partial charge in [0, 0.05) is 25.1 Å². The maximum Gasteiger partial charge on any atom is 0.333 e. The molecule has 0 aliphatic carbocycles. The van der Waals surface area contributed by atoms with Crippen LogP contribution in [0.2, 0.25) is 0 Å². The molecule has 2 N–H and O–H groups in total. The van der Waals surface area contributed by atoms with Crippen molar-refractivity contribution in [3.05, 3.63) is 47.5 Å². The molecule has 0 aromatic heterocycles. The number of carbonyl (C=O) groups is 3. The Labute approximate surface area is 216 Å². The molecule has 1 aromatic rings. The molecule has 8 heteroatoms. The molecule has 2 amide bonds. The summed E-state index contributed by atoms with van der Waals surface area (Å²) in [5.74, 6) is -1.02. The fraction of sp³-hybridized carbons (Fsp3) is 0.607. The number of likely N-dealkylation sites (N-methyl/N-ethyl adjacent to an activating group) is 2. The molecule has 36 heavy (non-hydrogen) atoms. The summed E-state index contributed by atoms with van der Waals surface area (Å²) in [6.07, 6.45) is 1.16. The summed E-state index contributed by atoms with van der Waals surface area (Å²) < 4.78 is 10.6. The van der Waals surface area contributed by atoms with E-state index in [4.69, 9.17) is 9.47 Å². The summed E-state index contributed by atoms with van der Waals surface area (Å²) in [4.78, 5) is 40.9. The highest BCUT2D eigenvalue weighted by Crippen LogP contribution is 2.27. The second kappa shape index (κ2) is 14.1. The van der Waals surface area contributed by atoms with Crippen molar-refractivity contribution >= 4 is 17.8 Å². The minimum absolute atomic E-state index is 0.0135. The molecular weight excluding hydrogens is 458 g/mol. The lowest BCUT2D eigenvalue weighted by Gasteiger charge is -2.37. The van der Waals surface area contributed by atoms with Gasteiger partial charge >= 0.3 is 5.97 Å². The summed E-state index contributed by atoms with van der Waals surface area (Å²) in [5, 5.41) is 6.06. The van der Waals surface area contributed by atoms with Gasteiger partial charge in [-0.25, -0.2) is 4.79 Å². The Bertz CT molecular complexity index is 898. The predicted molar refractivity (Wildman–Crippen MR) is 143 cm³/mol. The van der Waals surface area contributed by atoms with Crippen LogP contribution in [0.1, 0.15) is 54.0 Å². The summed E-state index contributed by atoms with van der Waals surface area (Å²) in [6, 6.07) is 7.87. The van der Waals surface area contributed by atoms with Gasteiger partial charge in [0.1, 0.15) is 6.04 Å². The van der Waals surface area contributed by atoms with Crippen LogP contribution in [0.15, 0.2) is 42.0 Å². The highest BCUT2D eigenvalue weighted by molar-refractivity contribution is 5.91. The first-order valence-corrected chi connectivity index (χ1v) is 12.5. The molecule has 1 aromatic carbocycles. The van der Waals surface area contributed by atoms with Crippen LogP contribution in [0.5, 0.6) is 0 Å². The highest BCUT2D eigenvalue weighted by atomic mass is 16.5. The van der Waals surface area contributed by atoms with Gasteiger partial charge < -0.3 is 25.0 Å². The van der Waals surface area contributed by atoms with Crippen molar-refractivity contribution in [1.29, 1.82) is 0 Å². The zero-order valence-electron chi connectivity index (χ0n) is 23.5. The van der Waals surface area contributed by atoms with Gasteiger partial charge in [-0.3, -0.25) is 9.59 Å². The van der Waals surface area contributed by atoms with Gasteiger partial charge in [-0.05, 0) is 39.3 Å². The molecule has 0 saturated carbocycles. The number of rotatable bonds is 13. The number of nitrogens with one attached hydrogen (secondary N) is 2. The molecule has 8 nitrogen and oxygen atoms in total. The van der Waals surface area contributed by atoms with Crippen LogP contribution in [0.4, 0.5) is 0 Å². The van der Waals surface area contributed by atoms with Crippen LogP contribution in [-0.2, 0) is 29.3 Å². The van der Waals surface area contributed by atoms with E-state index in [9.17, 15) is 14.4 Å². The molecule has 0 bridgehead atoms. The first-order chi connectivity index (χ1) is 16.8. The molecule has 202 valence electrons. The van der Waals surface area contributed by atoms with E-state index in [-0.39, 0.29) is 30.4 Å². The van der Waals surface area contributed by atoms with Gasteiger partial charge in [-0.1, -0.05) is 64.1 Å². The molecule has 4 atom stereocenters. The average molecular weight is 504 g/mol. The number of hydrogen-bond acceptors (Lipinski definition) is 6. The Morgan fingerprint density at radius 3 is 2.17 bits per heavy atom. The lowest BCUT2D eigenvalue weighted by atomic mass is 9.77. The van der Waals surface area contributed by atoms with Crippen molar-refractivity contribution in [2.45, 2.75) is 78.1 Å². The molecule has 0 radical (unpaired) electrons. The van der Waals surface area contributed by atoms with E-state index >= 15 is 0 Å². The second-order valence-electron chi connectivity index (χ2n) is 9.99. The van der Waals surface area contributed by atoms with E-state index < -0.39 is 29.6 Å². The van der Waals surface area contributed by atoms with Crippen molar-refractivity contribution in [2.24, 2.45) is 5.92 Å². The molecule has 1 rings (SSSR count). The summed E-state index contributed by atoms with van der Waals surface area (Å²) in [6.45, 7) is 13.4. The smallest absolute Gasteiger partial charge is 0.333 e. The van der Waals surface area contributed by atoms with Crippen molar-refractivity contribution in [3.8, 4) is 0 Å². The third-order valence-electron chi connectivity index (χ3n) is 6.69. The molecule has 0 heterocycles. The average Bonchev–Trinajstić information content (AvgIpc) is 2.85. The number of amides is 2. The zero-order chi connectivity index (χ0) is 27.6. The largest absolute Gasteiger partial charge is 0.463 e. The number of carbonyl (C=O) groups excluding carboxylic acids is 3. The normalized spacial score (nSPS) is 15.6. The maximum atomic E-state index is 13.7. The van der Waals surface area contributed by atoms with Gasteiger partial charge in [0.05, 0.1) is 24.8 Å². The van der Waals surface area contributed by atoms with Crippen LogP contribution in [0.25, 0.3) is 0 Å². The second-order valence-corrected chi connectivity index (χ2v) is 9.99. The highest BCUT2D eigenvalue weighted by Gasteiger charge is 2.39. The SMILES string of the molecule is CCOC(=O)/C(C)=C/[C@H](C(C)C)N(C)C(=O)[C@@H](NC(=O)[C@@H](NC)C(C)(C)c1ccccc1)C(C)OC. The van der Waals surface area contributed by atoms with Crippen LogP contribution in [-0.4, -0.2) is 74.7 Å². The summed E-state index contributed by atoms with van der Waals surface area (Å²) in [5.41, 5.74) is 0.879. The summed E-state index contributed by atoms with van der Waals surface area (Å²) in [7, 11) is 4.91. The van der Waals surface area contributed by atoms with E-state index in [1.165, 1.54) is 7.11 Å². The fourth-order valence-electron chi connectivity index (χ4n) is 4.29. The van der Waals surface area contributed by atoms with Crippen LogP contribution < -0.4 is 10.6 Å². The number of benzene rings is 1. The van der Waals surface area contributed by atoms with Crippen LogP contribution in [0.3, 0.4) is 0 Å². The Hall–Kier alpha value is -2.71. The van der Waals surface area contributed by atoms with Crippen molar-refractivity contribution in [2.75, 3.05) is 27.8 Å².